The molecule has 1 aromatic carbocycles. The summed E-state index contributed by atoms with van der Waals surface area (Å²) in [7, 11) is 0. The van der Waals surface area contributed by atoms with Gasteiger partial charge in [-0.2, -0.15) is 0 Å². The van der Waals surface area contributed by atoms with Gasteiger partial charge < -0.3 is 4.74 Å². The third-order valence-electron chi connectivity index (χ3n) is 2.82. The molecule has 0 fully saturated rings. The van der Waals surface area contributed by atoms with Gasteiger partial charge >= 0.3 is 6.09 Å². The molecule has 96 valence electrons. The third kappa shape index (κ3) is 2.26. The quantitative estimate of drug-likeness (QED) is 0.701. The maximum Gasteiger partial charge on any atom is 0.419 e. The number of fused-ring (bicyclic) bond motifs is 1. The molecule has 3 heteroatoms. The zero-order chi connectivity index (χ0) is 13.5. The highest BCUT2D eigenvalue weighted by Gasteiger charge is 2.20. The van der Waals surface area contributed by atoms with Crippen LogP contribution in [0.3, 0.4) is 0 Å². The highest BCUT2D eigenvalue weighted by atomic mass is 16.6. The van der Waals surface area contributed by atoms with E-state index in [1.165, 1.54) is 5.56 Å². The van der Waals surface area contributed by atoms with Crippen LogP contribution in [-0.2, 0) is 4.74 Å². The Bertz CT molecular complexity index is 603. The van der Waals surface area contributed by atoms with Gasteiger partial charge in [0.25, 0.3) is 0 Å². The summed E-state index contributed by atoms with van der Waals surface area (Å²) in [5, 5.41) is 1.13. The topological polar surface area (TPSA) is 31.2 Å². The second-order valence-corrected chi connectivity index (χ2v) is 5.63. The highest BCUT2D eigenvalue weighted by molar-refractivity contribution is 5.93. The van der Waals surface area contributed by atoms with Crippen molar-refractivity contribution in [2.24, 2.45) is 0 Å². The molecule has 0 aliphatic carbocycles. The number of carbonyl (C=O) groups is 1. The molecule has 1 aromatic heterocycles. The molecule has 0 saturated heterocycles. The first-order valence-electron chi connectivity index (χ1n) is 6.10. The Morgan fingerprint density at radius 1 is 1.17 bits per heavy atom. The van der Waals surface area contributed by atoms with Gasteiger partial charge in [0.1, 0.15) is 5.60 Å². The van der Waals surface area contributed by atoms with Crippen LogP contribution in [0.5, 0.6) is 0 Å². The Hall–Kier alpha value is -1.77. The first-order chi connectivity index (χ1) is 8.29. The largest absolute Gasteiger partial charge is 0.443 e. The summed E-state index contributed by atoms with van der Waals surface area (Å²) in [6, 6.07) is 5.95. The molecule has 0 N–H and O–H groups in total. The average Bonchev–Trinajstić information content (AvgIpc) is 2.55. The highest BCUT2D eigenvalue weighted by Crippen LogP contribution is 2.25. The van der Waals surface area contributed by atoms with E-state index < -0.39 is 5.60 Å². The van der Waals surface area contributed by atoms with Crippen molar-refractivity contribution in [2.75, 3.05) is 0 Å². The van der Waals surface area contributed by atoms with E-state index in [4.69, 9.17) is 4.74 Å². The molecule has 0 radical (unpaired) electrons. The number of aromatic nitrogens is 1. The van der Waals surface area contributed by atoms with E-state index in [0.717, 1.165) is 16.5 Å². The van der Waals surface area contributed by atoms with Crippen molar-refractivity contribution in [3.63, 3.8) is 0 Å². The van der Waals surface area contributed by atoms with Crippen LogP contribution >= 0.6 is 0 Å². The molecule has 0 atom stereocenters. The summed E-state index contributed by atoms with van der Waals surface area (Å²) in [5.41, 5.74) is 2.69. The molecule has 3 nitrogen and oxygen atoms in total. The summed E-state index contributed by atoms with van der Waals surface area (Å²) in [5.74, 6) is 0. The maximum atomic E-state index is 12.1. The first-order valence-corrected chi connectivity index (χ1v) is 6.10. The predicted octanol–water partition coefficient (Wildman–Crippen LogP) is 4.04. The van der Waals surface area contributed by atoms with E-state index in [-0.39, 0.29) is 6.09 Å². The number of carbonyl (C=O) groups excluding carboxylic acids is 1. The average molecular weight is 245 g/mol. The van der Waals surface area contributed by atoms with Gasteiger partial charge in [-0.1, -0.05) is 12.1 Å². The summed E-state index contributed by atoms with van der Waals surface area (Å²) in [4.78, 5) is 12.1. The Kier molecular flexibility index (Phi) is 2.93. The Morgan fingerprint density at radius 3 is 2.44 bits per heavy atom. The second kappa shape index (κ2) is 4.16. The maximum absolute atomic E-state index is 12.1. The minimum atomic E-state index is -0.481. The van der Waals surface area contributed by atoms with E-state index in [1.807, 2.05) is 46.0 Å². The van der Waals surface area contributed by atoms with Gasteiger partial charge in [0, 0.05) is 11.6 Å². The van der Waals surface area contributed by atoms with E-state index in [1.54, 1.807) is 4.57 Å². The van der Waals surface area contributed by atoms with Gasteiger partial charge in [-0.15, -0.1) is 0 Å². The molecule has 18 heavy (non-hydrogen) atoms. The van der Waals surface area contributed by atoms with Crippen LogP contribution in [0.2, 0.25) is 0 Å². The van der Waals surface area contributed by atoms with E-state index in [0.29, 0.717) is 0 Å². The normalized spacial score (nSPS) is 11.8. The van der Waals surface area contributed by atoms with Crippen LogP contribution in [0.15, 0.2) is 24.4 Å². The fourth-order valence-corrected chi connectivity index (χ4v) is 2.16. The lowest BCUT2D eigenvalue weighted by Gasteiger charge is -2.19. The predicted molar refractivity (Wildman–Crippen MR) is 73.0 cm³/mol. The summed E-state index contributed by atoms with van der Waals surface area (Å²) < 4.78 is 7.00. The second-order valence-electron chi connectivity index (χ2n) is 5.63. The number of rotatable bonds is 0. The molecule has 0 aliphatic heterocycles. The van der Waals surface area contributed by atoms with E-state index in [2.05, 4.69) is 13.0 Å². The number of ether oxygens (including phenoxy) is 1. The Morgan fingerprint density at radius 2 is 1.83 bits per heavy atom. The van der Waals surface area contributed by atoms with Crippen LogP contribution < -0.4 is 0 Å². The monoisotopic (exact) mass is 245 g/mol. The lowest BCUT2D eigenvalue weighted by Crippen LogP contribution is -2.26. The molecule has 2 rings (SSSR count). The fraction of sp³-hybridized carbons (Fsp3) is 0.400. The molecule has 0 amide bonds. The molecule has 0 unspecified atom stereocenters. The van der Waals surface area contributed by atoms with Crippen LogP contribution in [0.1, 0.15) is 31.9 Å². The number of nitrogens with zero attached hydrogens (tertiary/aromatic N) is 1. The SMILES string of the molecule is Cc1cccc2c1c(C)cn2C(=O)OC(C)(C)C. The van der Waals surface area contributed by atoms with E-state index >= 15 is 0 Å². The summed E-state index contributed by atoms with van der Waals surface area (Å²) in [6.45, 7) is 9.67. The molecular formula is C15H19NO2. The molecular weight excluding hydrogens is 226 g/mol. The van der Waals surface area contributed by atoms with Gasteiger partial charge in [-0.05, 0) is 51.8 Å². The van der Waals surface area contributed by atoms with Gasteiger partial charge in [-0.3, -0.25) is 4.57 Å². The van der Waals surface area contributed by atoms with Crippen LogP contribution in [-0.4, -0.2) is 16.3 Å². The number of aryl methyl sites for hydroxylation is 2. The molecule has 1 heterocycles. The smallest absolute Gasteiger partial charge is 0.419 e. The molecule has 0 aliphatic rings. The van der Waals surface area contributed by atoms with Crippen molar-refractivity contribution < 1.29 is 9.53 Å². The fourth-order valence-electron chi connectivity index (χ4n) is 2.16. The van der Waals surface area contributed by atoms with Crippen molar-refractivity contribution in [2.45, 2.75) is 40.2 Å². The van der Waals surface area contributed by atoms with Crippen molar-refractivity contribution >= 4 is 17.0 Å². The molecule has 2 aromatic rings. The van der Waals surface area contributed by atoms with Crippen LogP contribution in [0, 0.1) is 13.8 Å². The molecule has 0 spiro atoms. The zero-order valence-electron chi connectivity index (χ0n) is 11.6. The van der Waals surface area contributed by atoms with Crippen molar-refractivity contribution in [3.8, 4) is 0 Å². The number of benzene rings is 1. The van der Waals surface area contributed by atoms with Crippen LogP contribution in [0.4, 0.5) is 4.79 Å². The third-order valence-corrected chi connectivity index (χ3v) is 2.82. The van der Waals surface area contributed by atoms with Gasteiger partial charge in [0.2, 0.25) is 0 Å². The minimum absolute atomic E-state index is 0.328. The van der Waals surface area contributed by atoms with Crippen molar-refractivity contribution in [1.82, 2.24) is 4.57 Å². The number of hydrogen-bond acceptors (Lipinski definition) is 2. The lowest BCUT2D eigenvalue weighted by molar-refractivity contribution is 0.0544. The summed E-state index contributed by atoms with van der Waals surface area (Å²) >= 11 is 0. The Balaban J connectivity index is 2.53. The lowest BCUT2D eigenvalue weighted by atomic mass is 10.1. The van der Waals surface area contributed by atoms with Crippen molar-refractivity contribution in [1.29, 1.82) is 0 Å². The molecule has 0 bridgehead atoms. The van der Waals surface area contributed by atoms with Gasteiger partial charge in [0.05, 0.1) is 5.52 Å². The van der Waals surface area contributed by atoms with E-state index in [9.17, 15) is 4.79 Å². The van der Waals surface area contributed by atoms with Crippen LogP contribution in [0.25, 0.3) is 10.9 Å². The Labute approximate surface area is 107 Å². The molecule has 0 saturated carbocycles. The summed E-state index contributed by atoms with van der Waals surface area (Å²) in [6.07, 6.45) is 1.51. The first kappa shape index (κ1) is 12.7. The van der Waals surface area contributed by atoms with Gasteiger partial charge in [-0.25, -0.2) is 4.79 Å². The minimum Gasteiger partial charge on any atom is -0.443 e. The van der Waals surface area contributed by atoms with Gasteiger partial charge in [0.15, 0.2) is 0 Å². The van der Waals surface area contributed by atoms with Crippen molar-refractivity contribution in [3.05, 3.63) is 35.5 Å². The standard InChI is InChI=1S/C15H19NO2/c1-10-7-6-8-12-13(10)11(2)9-16(12)14(17)18-15(3,4)5/h6-9H,1-5H3. The number of hydrogen-bond donors (Lipinski definition) is 0. The zero-order valence-corrected chi connectivity index (χ0v) is 11.6.